The first-order chi connectivity index (χ1) is 23.2. The summed E-state index contributed by atoms with van der Waals surface area (Å²) in [6.07, 6.45) is -4.71. The molecule has 0 saturated carbocycles. The van der Waals surface area contributed by atoms with Crippen molar-refractivity contribution in [1.82, 2.24) is 14.8 Å². The summed E-state index contributed by atoms with van der Waals surface area (Å²) in [5, 5.41) is 55.5. The largest absolute Gasteiger partial charge is 0.494 e. The van der Waals surface area contributed by atoms with E-state index in [1.807, 2.05) is 30.3 Å². The van der Waals surface area contributed by atoms with Crippen molar-refractivity contribution in [2.24, 2.45) is 4.99 Å². The van der Waals surface area contributed by atoms with Crippen LogP contribution in [-0.2, 0) is 14.2 Å². The summed E-state index contributed by atoms with van der Waals surface area (Å²) in [4.78, 5) is 24.9. The highest BCUT2D eigenvalue weighted by Gasteiger charge is 2.40. The lowest BCUT2D eigenvalue weighted by atomic mass is 9.78. The first kappa shape index (κ1) is 33.8. The molecule has 4 aromatic rings. The molecule has 13 nitrogen and oxygen atoms in total. The third kappa shape index (κ3) is 7.62. The summed E-state index contributed by atoms with van der Waals surface area (Å²) in [6.45, 7) is 3.33. The molecule has 2 aliphatic heterocycles. The third-order valence-corrected chi connectivity index (χ3v) is 8.80. The number of aromatic amines is 1. The van der Waals surface area contributed by atoms with Gasteiger partial charge in [-0.1, -0.05) is 42.5 Å². The molecule has 1 aromatic heterocycles. The van der Waals surface area contributed by atoms with Gasteiger partial charge in [-0.15, -0.1) is 0 Å². The number of piperazine rings is 1. The molecule has 2 aliphatic rings. The van der Waals surface area contributed by atoms with E-state index in [9.17, 15) is 30.2 Å². The quantitative estimate of drug-likeness (QED) is 0.0932. The van der Waals surface area contributed by atoms with E-state index in [2.05, 4.69) is 27.1 Å². The van der Waals surface area contributed by atoms with Gasteiger partial charge in [0.25, 0.3) is 0 Å². The molecule has 4 atom stereocenters. The smallest absolute Gasteiger partial charge is 0.491 e. The second-order valence-corrected chi connectivity index (χ2v) is 12.2. The summed E-state index contributed by atoms with van der Waals surface area (Å²) in [5.41, 5.74) is 3.83. The number of carbonyl (C=O) groups is 1. The highest BCUT2D eigenvalue weighted by Crippen LogP contribution is 2.31. The molecular weight excluding hydrogens is 617 g/mol. The van der Waals surface area contributed by atoms with Gasteiger partial charge in [-0.3, -0.25) is 9.69 Å². The average molecular weight is 658 g/mol. The summed E-state index contributed by atoms with van der Waals surface area (Å²) < 4.78 is 11.0. The van der Waals surface area contributed by atoms with Crippen molar-refractivity contribution in [1.29, 1.82) is 0 Å². The number of nitrogens with one attached hydrogen (secondary N) is 2. The molecule has 0 radical (unpaired) electrons. The lowest BCUT2D eigenvalue weighted by Gasteiger charge is -2.37. The molecule has 0 aliphatic carbocycles. The highest BCUT2D eigenvalue weighted by molar-refractivity contribution is 6.60. The number of hydrogen-bond acceptors (Lipinski definition) is 11. The summed E-state index contributed by atoms with van der Waals surface area (Å²) in [6, 6.07) is 21.6. The third-order valence-electron chi connectivity index (χ3n) is 8.80. The van der Waals surface area contributed by atoms with Crippen LogP contribution in [0.15, 0.2) is 77.8 Å². The fourth-order valence-corrected chi connectivity index (χ4v) is 5.99. The standard InChI is InChI=1S/C34H40BN5O8/c1-39-13-15-40(16-14-39)18-29(42)36-23-8-10-24(11-9-23)37-31(21-5-3-2-4-6-21)30-25-12-7-22(17-26(25)38-34(30)45)35(46)48-28-20-47-27(19-41)32(43)33(28)44/h2-12,17,27-28,32-33,38,41,43-46H,13-16,18-20H2,1H3,(H,36,42)/t27-,28+,32-,33-/m1/s1. The van der Waals surface area contributed by atoms with Crippen molar-refractivity contribution in [3.63, 3.8) is 0 Å². The fraction of sp³-hybridized carbons (Fsp3) is 0.353. The number of ether oxygens (including phenoxy) is 1. The minimum absolute atomic E-state index is 0.0736. The van der Waals surface area contributed by atoms with E-state index in [0.717, 1.165) is 31.7 Å². The van der Waals surface area contributed by atoms with Crippen LogP contribution in [0.4, 0.5) is 11.4 Å². The number of aliphatic hydroxyl groups excluding tert-OH is 3. The molecular formula is C34H40BN5O8. The van der Waals surface area contributed by atoms with Gasteiger partial charge in [0.15, 0.2) is 5.88 Å². The van der Waals surface area contributed by atoms with E-state index in [-0.39, 0.29) is 18.4 Å². The number of likely N-dealkylation sites (N-methyl/N-ethyl adjacent to an activating group) is 1. The monoisotopic (exact) mass is 657 g/mol. The number of fused-ring (bicyclic) bond motifs is 1. The molecule has 2 saturated heterocycles. The van der Waals surface area contributed by atoms with Gasteiger partial charge in [0.2, 0.25) is 5.91 Å². The van der Waals surface area contributed by atoms with Crippen LogP contribution in [0.25, 0.3) is 10.9 Å². The number of H-pyrrole nitrogens is 1. The first-order valence-corrected chi connectivity index (χ1v) is 15.9. The normalized spacial score (nSPS) is 22.6. The molecule has 14 heteroatoms. The van der Waals surface area contributed by atoms with E-state index >= 15 is 0 Å². The maximum absolute atomic E-state index is 12.7. The van der Waals surface area contributed by atoms with Crippen LogP contribution in [0.3, 0.4) is 0 Å². The second kappa shape index (κ2) is 15.0. The maximum atomic E-state index is 12.7. The fourth-order valence-electron chi connectivity index (χ4n) is 5.99. The Morgan fingerprint density at radius 3 is 2.48 bits per heavy atom. The number of anilines is 1. The lowest BCUT2D eigenvalue weighted by Crippen LogP contribution is -2.57. The predicted molar refractivity (Wildman–Crippen MR) is 182 cm³/mol. The van der Waals surface area contributed by atoms with Crippen LogP contribution in [0.2, 0.25) is 0 Å². The molecule has 7 N–H and O–H groups in total. The number of nitrogens with zero attached hydrogens (tertiary/aromatic N) is 3. The Balaban J connectivity index is 1.22. The average Bonchev–Trinajstić information content (AvgIpc) is 3.42. The van der Waals surface area contributed by atoms with Crippen molar-refractivity contribution in [3.05, 3.63) is 83.9 Å². The highest BCUT2D eigenvalue weighted by atomic mass is 16.6. The van der Waals surface area contributed by atoms with E-state index in [0.29, 0.717) is 45.6 Å². The Hall–Kier alpha value is -4.12. The SMILES string of the molecule is CN1CCN(CC(=O)Nc2ccc(N=C(c3ccccc3)c3c(O)[nH]c4cc(B(O)O[C@H]5CO[C@H](CO)[C@@H](O)[C@@H]5O)ccc34)cc2)CC1. The Morgan fingerprint density at radius 2 is 1.77 bits per heavy atom. The minimum Gasteiger partial charge on any atom is -0.494 e. The summed E-state index contributed by atoms with van der Waals surface area (Å²) >= 11 is 0. The molecule has 2 fully saturated rings. The Morgan fingerprint density at radius 1 is 1.04 bits per heavy atom. The van der Waals surface area contributed by atoms with E-state index in [4.69, 9.17) is 14.4 Å². The van der Waals surface area contributed by atoms with E-state index in [1.54, 1.807) is 42.5 Å². The maximum Gasteiger partial charge on any atom is 0.491 e. The Bertz CT molecular complexity index is 1730. The predicted octanol–water partition coefficient (Wildman–Crippen LogP) is 0.414. The van der Waals surface area contributed by atoms with Crippen LogP contribution < -0.4 is 10.8 Å². The van der Waals surface area contributed by atoms with Crippen LogP contribution in [-0.4, -0.2) is 136 Å². The number of aromatic hydroxyl groups is 1. The number of aliphatic imine (C=N–C) groups is 1. The van der Waals surface area contributed by atoms with Gasteiger partial charge < -0.3 is 50.0 Å². The first-order valence-electron chi connectivity index (χ1n) is 15.9. The van der Waals surface area contributed by atoms with Crippen molar-refractivity contribution in [3.8, 4) is 5.88 Å². The van der Waals surface area contributed by atoms with Crippen molar-refractivity contribution < 1.29 is 39.6 Å². The van der Waals surface area contributed by atoms with Crippen LogP contribution in [0.1, 0.15) is 11.1 Å². The van der Waals surface area contributed by atoms with Gasteiger partial charge >= 0.3 is 7.12 Å². The summed E-state index contributed by atoms with van der Waals surface area (Å²) in [7, 11) is 0.598. The molecule has 0 bridgehead atoms. The van der Waals surface area contributed by atoms with Gasteiger partial charge in [0, 0.05) is 48.3 Å². The zero-order valence-corrected chi connectivity index (χ0v) is 26.6. The number of rotatable bonds is 10. The molecule has 252 valence electrons. The number of benzene rings is 3. The second-order valence-electron chi connectivity index (χ2n) is 12.2. The van der Waals surface area contributed by atoms with E-state index in [1.165, 1.54) is 0 Å². The molecule has 1 amide bonds. The van der Waals surface area contributed by atoms with Crippen LogP contribution in [0.5, 0.6) is 5.88 Å². The zero-order chi connectivity index (χ0) is 33.8. The molecule has 0 spiro atoms. The Labute approximate surface area is 278 Å². The van der Waals surface area contributed by atoms with Crippen molar-refractivity contribution >= 4 is 46.5 Å². The molecule has 3 aromatic carbocycles. The molecule has 6 rings (SSSR count). The number of hydrogen-bond donors (Lipinski definition) is 7. The van der Waals surface area contributed by atoms with E-state index < -0.39 is 38.1 Å². The topological polar surface area (TPSA) is 183 Å². The number of aromatic nitrogens is 1. The molecule has 3 heterocycles. The molecule has 48 heavy (non-hydrogen) atoms. The lowest BCUT2D eigenvalue weighted by molar-refractivity contribution is -0.191. The van der Waals surface area contributed by atoms with Gasteiger partial charge in [-0.2, -0.15) is 0 Å². The van der Waals surface area contributed by atoms with Gasteiger partial charge in [0.05, 0.1) is 42.8 Å². The number of aliphatic hydroxyl groups is 3. The number of amides is 1. The van der Waals surface area contributed by atoms with Crippen molar-refractivity contribution in [2.75, 3.05) is 58.3 Å². The summed E-state index contributed by atoms with van der Waals surface area (Å²) in [5.74, 6) is -0.196. The van der Waals surface area contributed by atoms with Crippen molar-refractivity contribution in [2.45, 2.75) is 24.4 Å². The van der Waals surface area contributed by atoms with Gasteiger partial charge in [0.1, 0.15) is 18.3 Å². The number of carbonyl (C=O) groups excluding carboxylic acids is 1. The van der Waals surface area contributed by atoms with Crippen LogP contribution >= 0.6 is 0 Å². The van der Waals surface area contributed by atoms with Crippen LogP contribution in [0, 0.1) is 0 Å². The zero-order valence-electron chi connectivity index (χ0n) is 26.6. The minimum atomic E-state index is -1.48. The van der Waals surface area contributed by atoms with Gasteiger partial charge in [-0.05, 0) is 42.8 Å². The van der Waals surface area contributed by atoms with Gasteiger partial charge in [-0.25, -0.2) is 4.99 Å². The Kier molecular flexibility index (Phi) is 10.5. The molecule has 0 unspecified atom stereocenters.